The first kappa shape index (κ1) is 12.2. The van der Waals surface area contributed by atoms with Crippen molar-refractivity contribution in [1.29, 1.82) is 0 Å². The fourth-order valence-electron chi connectivity index (χ4n) is 1.70. The molecule has 0 saturated heterocycles. The van der Waals surface area contributed by atoms with Crippen LogP contribution in [-0.4, -0.2) is 0 Å². The summed E-state index contributed by atoms with van der Waals surface area (Å²) in [6.45, 7) is 2.89. The molecular weight excluding hydrogens is 220 g/mol. The van der Waals surface area contributed by atoms with Crippen LogP contribution in [-0.2, 0) is 6.54 Å². The Bertz CT molecular complexity index is 489. The Balaban J connectivity index is 1.83. The van der Waals surface area contributed by atoms with E-state index >= 15 is 0 Å². The van der Waals surface area contributed by atoms with E-state index in [1.165, 1.54) is 5.56 Å². The zero-order chi connectivity index (χ0) is 12.6. The van der Waals surface area contributed by atoms with Gasteiger partial charge in [0.05, 0.1) is 0 Å². The van der Waals surface area contributed by atoms with Crippen LogP contribution >= 0.6 is 0 Å². The molecule has 2 heteroatoms. The van der Waals surface area contributed by atoms with E-state index in [0.29, 0.717) is 0 Å². The first-order valence-electron chi connectivity index (χ1n) is 6.11. The smallest absolute Gasteiger partial charge is 0.0395 e. The number of nitrogens with one attached hydrogen (secondary N) is 2. The zero-order valence-corrected chi connectivity index (χ0v) is 10.6. The molecule has 0 aliphatic carbocycles. The standard InChI is InChI=1S/C16H18N2/c1-14(18-16-10-6-3-7-11-16)12-17-13-15-8-4-2-5-9-15/h2-12,17-18H,13H2,1H3/b14-12-. The van der Waals surface area contributed by atoms with Crippen molar-refractivity contribution < 1.29 is 0 Å². The average molecular weight is 238 g/mol. The van der Waals surface area contributed by atoms with Crippen molar-refractivity contribution >= 4 is 5.69 Å². The highest BCUT2D eigenvalue weighted by Crippen LogP contribution is 2.07. The van der Waals surface area contributed by atoms with Gasteiger partial charge >= 0.3 is 0 Å². The highest BCUT2D eigenvalue weighted by atomic mass is 14.9. The minimum absolute atomic E-state index is 0.842. The first-order chi connectivity index (χ1) is 8.84. The molecule has 0 saturated carbocycles. The Hall–Kier alpha value is -2.22. The summed E-state index contributed by atoms with van der Waals surface area (Å²) in [5.41, 5.74) is 3.48. The van der Waals surface area contributed by atoms with Crippen molar-refractivity contribution in [2.45, 2.75) is 13.5 Å². The van der Waals surface area contributed by atoms with Gasteiger partial charge in [0, 0.05) is 24.1 Å². The summed E-state index contributed by atoms with van der Waals surface area (Å²) >= 11 is 0. The molecule has 2 N–H and O–H groups in total. The van der Waals surface area contributed by atoms with Gasteiger partial charge in [-0.3, -0.25) is 0 Å². The van der Waals surface area contributed by atoms with Crippen molar-refractivity contribution in [3.8, 4) is 0 Å². The lowest BCUT2D eigenvalue weighted by Gasteiger charge is -2.07. The summed E-state index contributed by atoms with van der Waals surface area (Å²) in [6.07, 6.45) is 2.00. The fourth-order valence-corrected chi connectivity index (χ4v) is 1.70. The Labute approximate surface area is 108 Å². The summed E-state index contributed by atoms with van der Waals surface area (Å²) in [4.78, 5) is 0. The van der Waals surface area contributed by atoms with Crippen LogP contribution in [0.2, 0.25) is 0 Å². The van der Waals surface area contributed by atoms with E-state index < -0.39 is 0 Å². The predicted molar refractivity (Wildman–Crippen MR) is 77.1 cm³/mol. The largest absolute Gasteiger partial charge is 0.385 e. The van der Waals surface area contributed by atoms with Crippen molar-refractivity contribution in [3.05, 3.63) is 78.1 Å². The molecule has 0 radical (unpaired) electrons. The lowest BCUT2D eigenvalue weighted by Crippen LogP contribution is -2.08. The highest BCUT2D eigenvalue weighted by molar-refractivity contribution is 5.47. The molecule has 0 spiro atoms. The van der Waals surface area contributed by atoms with Gasteiger partial charge in [-0.15, -0.1) is 0 Å². The van der Waals surface area contributed by atoms with Crippen LogP contribution in [0.3, 0.4) is 0 Å². The van der Waals surface area contributed by atoms with Gasteiger partial charge in [0.25, 0.3) is 0 Å². The summed E-state index contributed by atoms with van der Waals surface area (Å²) in [6, 6.07) is 20.5. The quantitative estimate of drug-likeness (QED) is 0.829. The van der Waals surface area contributed by atoms with Gasteiger partial charge in [-0.2, -0.15) is 0 Å². The lowest BCUT2D eigenvalue weighted by atomic mass is 10.2. The lowest BCUT2D eigenvalue weighted by molar-refractivity contribution is 0.861. The second-order valence-electron chi connectivity index (χ2n) is 4.18. The Morgan fingerprint density at radius 3 is 2.22 bits per heavy atom. The molecule has 0 bridgehead atoms. The minimum Gasteiger partial charge on any atom is -0.385 e. The van der Waals surface area contributed by atoms with Gasteiger partial charge in [-0.1, -0.05) is 48.5 Å². The highest BCUT2D eigenvalue weighted by Gasteiger charge is 1.91. The second kappa shape index (κ2) is 6.50. The van der Waals surface area contributed by atoms with Gasteiger partial charge in [-0.25, -0.2) is 0 Å². The van der Waals surface area contributed by atoms with Gasteiger partial charge < -0.3 is 10.6 Å². The van der Waals surface area contributed by atoms with Crippen LogP contribution in [0.5, 0.6) is 0 Å². The monoisotopic (exact) mass is 238 g/mol. The first-order valence-corrected chi connectivity index (χ1v) is 6.11. The molecule has 2 nitrogen and oxygen atoms in total. The van der Waals surface area contributed by atoms with E-state index in [-0.39, 0.29) is 0 Å². The second-order valence-corrected chi connectivity index (χ2v) is 4.18. The zero-order valence-electron chi connectivity index (χ0n) is 10.6. The molecule has 92 valence electrons. The van der Waals surface area contributed by atoms with E-state index in [1.54, 1.807) is 0 Å². The van der Waals surface area contributed by atoms with Crippen LogP contribution in [0.4, 0.5) is 5.69 Å². The van der Waals surface area contributed by atoms with E-state index in [0.717, 1.165) is 17.9 Å². The molecule has 0 aliphatic rings. The van der Waals surface area contributed by atoms with Gasteiger partial charge in [0.1, 0.15) is 0 Å². The van der Waals surface area contributed by atoms with Crippen molar-refractivity contribution in [3.63, 3.8) is 0 Å². The van der Waals surface area contributed by atoms with Crippen LogP contribution in [0, 0.1) is 0 Å². The van der Waals surface area contributed by atoms with E-state index in [4.69, 9.17) is 0 Å². The van der Waals surface area contributed by atoms with E-state index in [2.05, 4.69) is 47.0 Å². The SMILES string of the molecule is C/C(=C/NCc1ccccc1)Nc1ccccc1. The minimum atomic E-state index is 0.842. The van der Waals surface area contributed by atoms with Gasteiger partial charge in [-0.05, 0) is 24.6 Å². The number of benzene rings is 2. The maximum Gasteiger partial charge on any atom is 0.0395 e. The maximum absolute atomic E-state index is 3.33. The van der Waals surface area contributed by atoms with Crippen LogP contribution < -0.4 is 10.6 Å². The molecule has 0 amide bonds. The summed E-state index contributed by atoms with van der Waals surface area (Å²) in [7, 11) is 0. The molecule has 0 atom stereocenters. The molecule has 2 aromatic rings. The van der Waals surface area contributed by atoms with Gasteiger partial charge in [0.2, 0.25) is 0 Å². The van der Waals surface area contributed by atoms with Crippen LogP contribution in [0.1, 0.15) is 12.5 Å². The molecule has 0 heterocycles. The van der Waals surface area contributed by atoms with Crippen molar-refractivity contribution in [2.75, 3.05) is 5.32 Å². The van der Waals surface area contributed by atoms with Gasteiger partial charge in [0.15, 0.2) is 0 Å². The normalized spacial score (nSPS) is 11.1. The topological polar surface area (TPSA) is 24.1 Å². The molecule has 18 heavy (non-hydrogen) atoms. The number of allylic oxidation sites excluding steroid dienone is 1. The summed E-state index contributed by atoms with van der Waals surface area (Å²) in [5, 5.41) is 6.62. The van der Waals surface area contributed by atoms with E-state index in [1.807, 2.05) is 37.4 Å². The third kappa shape index (κ3) is 3.98. The molecule has 2 aromatic carbocycles. The molecule has 0 aliphatic heterocycles. The van der Waals surface area contributed by atoms with E-state index in [9.17, 15) is 0 Å². The average Bonchev–Trinajstić information content (AvgIpc) is 2.41. The Kier molecular flexibility index (Phi) is 4.42. The molecule has 0 unspecified atom stereocenters. The molecular formula is C16H18N2. The van der Waals surface area contributed by atoms with Crippen molar-refractivity contribution in [2.24, 2.45) is 0 Å². The number of para-hydroxylation sites is 1. The van der Waals surface area contributed by atoms with Crippen molar-refractivity contribution in [1.82, 2.24) is 5.32 Å². The van der Waals surface area contributed by atoms with Crippen LogP contribution in [0.25, 0.3) is 0 Å². The third-order valence-electron chi connectivity index (χ3n) is 2.58. The Morgan fingerprint density at radius 2 is 1.56 bits per heavy atom. The number of anilines is 1. The molecule has 0 fully saturated rings. The maximum atomic E-state index is 3.33. The van der Waals surface area contributed by atoms with Crippen LogP contribution in [0.15, 0.2) is 72.6 Å². The molecule has 2 rings (SSSR count). The number of hydrogen-bond acceptors (Lipinski definition) is 2. The number of hydrogen-bond donors (Lipinski definition) is 2. The predicted octanol–water partition coefficient (Wildman–Crippen LogP) is 3.75. The third-order valence-corrected chi connectivity index (χ3v) is 2.58. The summed E-state index contributed by atoms with van der Waals surface area (Å²) in [5.74, 6) is 0. The fraction of sp³-hybridized carbons (Fsp3) is 0.125. The Morgan fingerprint density at radius 1 is 0.944 bits per heavy atom. The molecule has 0 aromatic heterocycles. The number of rotatable bonds is 5. The summed E-state index contributed by atoms with van der Waals surface area (Å²) < 4.78 is 0.